The fourth-order valence-electron chi connectivity index (χ4n) is 3.21. The summed E-state index contributed by atoms with van der Waals surface area (Å²) in [5.41, 5.74) is 2.15. The smallest absolute Gasteiger partial charge is 0.225 e. The van der Waals surface area contributed by atoms with Crippen molar-refractivity contribution in [2.45, 2.75) is 25.4 Å². The molecule has 8 heteroatoms. The van der Waals surface area contributed by atoms with E-state index in [4.69, 9.17) is 4.74 Å². The van der Waals surface area contributed by atoms with Crippen LogP contribution in [0.3, 0.4) is 0 Å². The van der Waals surface area contributed by atoms with Gasteiger partial charge in [0.05, 0.1) is 13.2 Å². The third kappa shape index (κ3) is 6.91. The summed E-state index contributed by atoms with van der Waals surface area (Å²) in [7, 11) is 0. The van der Waals surface area contributed by atoms with Crippen LogP contribution in [-0.4, -0.2) is 61.2 Å². The van der Waals surface area contributed by atoms with Crippen molar-refractivity contribution >= 4 is 48.2 Å². The highest BCUT2D eigenvalue weighted by Gasteiger charge is 2.19. The lowest BCUT2D eigenvalue weighted by molar-refractivity contribution is -0.116. The van der Waals surface area contributed by atoms with Crippen LogP contribution in [0.15, 0.2) is 24.3 Å². The Morgan fingerprint density at radius 3 is 2.62 bits per heavy atom. The Labute approximate surface area is 172 Å². The number of anilines is 1. The van der Waals surface area contributed by atoms with E-state index in [1.807, 2.05) is 23.9 Å². The lowest BCUT2D eigenvalue weighted by atomic mass is 10.1. The van der Waals surface area contributed by atoms with Gasteiger partial charge >= 0.3 is 0 Å². The van der Waals surface area contributed by atoms with Gasteiger partial charge in [0.1, 0.15) is 0 Å². The minimum absolute atomic E-state index is 0. The molecule has 26 heavy (non-hydrogen) atoms. The lowest BCUT2D eigenvalue weighted by Crippen LogP contribution is -2.39. The zero-order chi connectivity index (χ0) is 16.8. The fraction of sp³-hybridized carbons (Fsp3) is 0.611. The number of halogens is 2. The van der Waals surface area contributed by atoms with E-state index in [-0.39, 0.29) is 30.7 Å². The highest BCUT2D eigenvalue weighted by atomic mass is 35.5. The number of thioether (sulfide) groups is 1. The second-order valence-corrected chi connectivity index (χ2v) is 7.57. The van der Waals surface area contributed by atoms with Gasteiger partial charge in [0.25, 0.3) is 0 Å². The topological polar surface area (TPSA) is 53.6 Å². The molecule has 2 aliphatic heterocycles. The zero-order valence-corrected chi connectivity index (χ0v) is 17.6. The minimum Gasteiger partial charge on any atom is -0.379 e. The molecule has 0 spiro atoms. The van der Waals surface area contributed by atoms with E-state index in [2.05, 4.69) is 34.6 Å². The number of carbonyl (C=O) groups excluding carboxylic acids is 1. The van der Waals surface area contributed by atoms with Crippen LogP contribution in [0.4, 0.5) is 5.69 Å². The normalized spacial score (nSPS) is 21.8. The summed E-state index contributed by atoms with van der Waals surface area (Å²) in [6, 6.07) is 8.92. The molecular formula is C18H29Cl2N3O2S. The average Bonchev–Trinajstić information content (AvgIpc) is 2.63. The first-order valence-electron chi connectivity index (χ1n) is 8.75. The molecule has 2 saturated heterocycles. The van der Waals surface area contributed by atoms with Crippen molar-refractivity contribution < 1.29 is 9.53 Å². The summed E-state index contributed by atoms with van der Waals surface area (Å²) >= 11 is 1.91. The molecule has 2 atom stereocenters. The Bertz CT molecular complexity index is 536. The molecule has 0 saturated carbocycles. The van der Waals surface area contributed by atoms with E-state index >= 15 is 0 Å². The van der Waals surface area contributed by atoms with Crippen molar-refractivity contribution in [1.29, 1.82) is 0 Å². The molecule has 2 unspecified atom stereocenters. The van der Waals surface area contributed by atoms with Crippen LogP contribution < -0.4 is 10.6 Å². The number of carbonyl (C=O) groups is 1. The number of nitrogens with zero attached hydrogens (tertiary/aromatic N) is 1. The van der Waals surface area contributed by atoms with Gasteiger partial charge in [0.15, 0.2) is 0 Å². The van der Waals surface area contributed by atoms with Gasteiger partial charge in [-0.1, -0.05) is 12.1 Å². The maximum Gasteiger partial charge on any atom is 0.225 e. The Hall–Kier alpha value is -0.500. The van der Waals surface area contributed by atoms with Crippen molar-refractivity contribution in [2.24, 2.45) is 0 Å². The molecule has 1 aromatic rings. The van der Waals surface area contributed by atoms with E-state index in [0.29, 0.717) is 18.5 Å². The maximum absolute atomic E-state index is 12.2. The maximum atomic E-state index is 12.2. The SMILES string of the molecule is CC(c1ccc(NC(=O)CC2CSCCN2)cc1)N1CCOCC1.Cl.Cl. The van der Waals surface area contributed by atoms with Crippen molar-refractivity contribution in [3.8, 4) is 0 Å². The van der Waals surface area contributed by atoms with E-state index in [1.54, 1.807) is 0 Å². The first-order chi connectivity index (χ1) is 11.7. The largest absolute Gasteiger partial charge is 0.379 e. The number of morpholine rings is 1. The summed E-state index contributed by atoms with van der Waals surface area (Å²) in [5, 5.41) is 6.41. The van der Waals surface area contributed by atoms with Crippen molar-refractivity contribution in [1.82, 2.24) is 10.2 Å². The van der Waals surface area contributed by atoms with Crippen LogP contribution in [0.1, 0.15) is 24.9 Å². The molecule has 1 aromatic carbocycles. The number of nitrogens with one attached hydrogen (secondary N) is 2. The van der Waals surface area contributed by atoms with Crippen LogP contribution in [0.5, 0.6) is 0 Å². The predicted octanol–water partition coefficient (Wildman–Crippen LogP) is 2.96. The third-order valence-corrected chi connectivity index (χ3v) is 5.83. The van der Waals surface area contributed by atoms with E-state index < -0.39 is 0 Å². The van der Waals surface area contributed by atoms with Gasteiger partial charge in [-0.05, 0) is 24.6 Å². The Morgan fingerprint density at radius 2 is 2.00 bits per heavy atom. The quantitative estimate of drug-likeness (QED) is 0.764. The fourth-order valence-corrected chi connectivity index (χ4v) is 4.16. The van der Waals surface area contributed by atoms with Crippen LogP contribution in [0, 0.1) is 0 Å². The van der Waals surface area contributed by atoms with Gasteiger partial charge in [0, 0.05) is 55.3 Å². The number of hydrogen-bond donors (Lipinski definition) is 2. The summed E-state index contributed by atoms with van der Waals surface area (Å²) in [4.78, 5) is 14.6. The molecule has 2 N–H and O–H groups in total. The highest BCUT2D eigenvalue weighted by molar-refractivity contribution is 7.99. The third-order valence-electron chi connectivity index (χ3n) is 4.70. The van der Waals surface area contributed by atoms with Gasteiger partial charge < -0.3 is 15.4 Å². The lowest BCUT2D eigenvalue weighted by Gasteiger charge is -2.32. The van der Waals surface area contributed by atoms with Gasteiger partial charge in [-0.3, -0.25) is 9.69 Å². The molecule has 148 valence electrons. The van der Waals surface area contributed by atoms with Crippen LogP contribution >= 0.6 is 36.6 Å². The molecule has 2 aliphatic rings. The standard InChI is InChI=1S/C18H27N3O2S.2ClH/c1-14(21-7-9-23-10-8-21)15-2-4-16(5-3-15)20-18(22)12-17-13-24-11-6-19-17;;/h2-5,14,17,19H,6-13H2,1H3,(H,20,22);2*1H. The van der Waals surface area contributed by atoms with Gasteiger partial charge in [-0.2, -0.15) is 11.8 Å². The molecule has 0 bridgehead atoms. The second kappa shape index (κ2) is 12.1. The van der Waals surface area contributed by atoms with Crippen molar-refractivity contribution in [3.05, 3.63) is 29.8 Å². The Morgan fingerprint density at radius 1 is 1.31 bits per heavy atom. The second-order valence-electron chi connectivity index (χ2n) is 6.42. The number of benzene rings is 1. The molecule has 0 aromatic heterocycles. The van der Waals surface area contributed by atoms with Crippen LogP contribution in [-0.2, 0) is 9.53 Å². The summed E-state index contributed by atoms with van der Waals surface area (Å²) in [5.74, 6) is 2.24. The molecule has 3 rings (SSSR count). The molecule has 2 fully saturated rings. The summed E-state index contributed by atoms with van der Waals surface area (Å²) < 4.78 is 5.42. The summed E-state index contributed by atoms with van der Waals surface area (Å²) in [6.45, 7) is 6.80. The minimum atomic E-state index is 0. The molecule has 0 radical (unpaired) electrons. The summed E-state index contributed by atoms with van der Waals surface area (Å²) in [6.07, 6.45) is 0.541. The van der Waals surface area contributed by atoms with Crippen molar-refractivity contribution in [3.63, 3.8) is 0 Å². The molecule has 5 nitrogen and oxygen atoms in total. The first kappa shape index (κ1) is 23.5. The van der Waals surface area contributed by atoms with Crippen LogP contribution in [0.25, 0.3) is 0 Å². The molecular weight excluding hydrogens is 393 g/mol. The monoisotopic (exact) mass is 421 g/mol. The van der Waals surface area contributed by atoms with E-state index in [9.17, 15) is 4.79 Å². The Kier molecular flexibility index (Phi) is 10.9. The number of ether oxygens (including phenoxy) is 1. The number of amides is 1. The van der Waals surface area contributed by atoms with Crippen LogP contribution in [0.2, 0.25) is 0 Å². The predicted molar refractivity (Wildman–Crippen MR) is 114 cm³/mol. The van der Waals surface area contributed by atoms with Crippen molar-refractivity contribution in [2.75, 3.05) is 49.7 Å². The van der Waals surface area contributed by atoms with Gasteiger partial charge in [-0.25, -0.2) is 0 Å². The van der Waals surface area contributed by atoms with E-state index in [0.717, 1.165) is 50.0 Å². The average molecular weight is 422 g/mol. The number of hydrogen-bond acceptors (Lipinski definition) is 5. The zero-order valence-electron chi connectivity index (χ0n) is 15.1. The molecule has 1 amide bonds. The Balaban J connectivity index is 0.00000169. The first-order valence-corrected chi connectivity index (χ1v) is 9.90. The van der Waals surface area contributed by atoms with E-state index in [1.165, 1.54) is 5.56 Å². The van der Waals surface area contributed by atoms with Gasteiger partial charge in [0.2, 0.25) is 5.91 Å². The van der Waals surface area contributed by atoms with Gasteiger partial charge in [-0.15, -0.1) is 24.8 Å². The highest BCUT2D eigenvalue weighted by Crippen LogP contribution is 2.23. The molecule has 2 heterocycles. The molecule has 0 aliphatic carbocycles. The number of rotatable bonds is 5.